The van der Waals surface area contributed by atoms with Crippen LogP contribution in [-0.4, -0.2) is 22.0 Å². The third-order valence-electron chi connectivity index (χ3n) is 3.66. The molecule has 0 radical (unpaired) electrons. The number of hydrogen-bond acceptors (Lipinski definition) is 3. The molecule has 5 nitrogen and oxygen atoms in total. The van der Waals surface area contributed by atoms with Crippen LogP contribution in [0.15, 0.2) is 12.3 Å². The van der Waals surface area contributed by atoms with Gasteiger partial charge < -0.3 is 10.4 Å². The summed E-state index contributed by atoms with van der Waals surface area (Å²) >= 11 is 5.80. The first-order chi connectivity index (χ1) is 8.75. The number of amides is 1. The molecule has 0 spiro atoms. The molecule has 0 aromatic carbocycles. The van der Waals surface area contributed by atoms with Crippen molar-refractivity contribution in [3.05, 3.63) is 23.0 Å². The fourth-order valence-electron chi connectivity index (χ4n) is 2.43. The molecule has 0 bridgehead atoms. The van der Waals surface area contributed by atoms with Gasteiger partial charge in [0.05, 0.1) is 23.7 Å². The van der Waals surface area contributed by atoms with E-state index in [1.165, 1.54) is 6.20 Å². The number of aryl methyl sites for hydroxylation is 1. The molecule has 1 aliphatic rings. The number of aliphatic carboxylic acids is 1. The highest BCUT2D eigenvalue weighted by Gasteiger charge is 2.65. The van der Waals surface area contributed by atoms with E-state index in [0.717, 1.165) is 5.56 Å². The summed E-state index contributed by atoms with van der Waals surface area (Å²) in [7, 11) is 0. The van der Waals surface area contributed by atoms with E-state index in [2.05, 4.69) is 10.3 Å². The van der Waals surface area contributed by atoms with Crippen LogP contribution in [0.5, 0.6) is 0 Å². The van der Waals surface area contributed by atoms with E-state index in [1.807, 2.05) is 0 Å². The number of nitrogens with one attached hydrogen (secondary N) is 1. The topological polar surface area (TPSA) is 79.3 Å². The van der Waals surface area contributed by atoms with Gasteiger partial charge in [-0.3, -0.25) is 9.59 Å². The van der Waals surface area contributed by atoms with Crippen molar-refractivity contribution in [3.8, 4) is 0 Å². The van der Waals surface area contributed by atoms with Gasteiger partial charge in [0.1, 0.15) is 5.15 Å². The van der Waals surface area contributed by atoms with Crippen molar-refractivity contribution in [1.29, 1.82) is 0 Å². The smallest absolute Gasteiger partial charge is 0.307 e. The first-order valence-corrected chi connectivity index (χ1v) is 6.28. The number of halogens is 1. The van der Waals surface area contributed by atoms with Crippen LogP contribution >= 0.6 is 11.6 Å². The Morgan fingerprint density at radius 1 is 1.42 bits per heavy atom. The Bertz CT molecular complexity index is 557. The van der Waals surface area contributed by atoms with Crippen molar-refractivity contribution >= 4 is 29.2 Å². The maximum absolute atomic E-state index is 12.1. The molecule has 0 unspecified atom stereocenters. The van der Waals surface area contributed by atoms with Crippen LogP contribution in [-0.2, 0) is 9.59 Å². The van der Waals surface area contributed by atoms with E-state index in [0.29, 0.717) is 10.8 Å². The van der Waals surface area contributed by atoms with Gasteiger partial charge in [-0.1, -0.05) is 25.4 Å². The summed E-state index contributed by atoms with van der Waals surface area (Å²) in [5.74, 6) is -2.37. The second-order valence-electron chi connectivity index (χ2n) is 5.44. The molecule has 2 atom stereocenters. The molecule has 6 heteroatoms. The van der Waals surface area contributed by atoms with Crippen molar-refractivity contribution in [2.75, 3.05) is 5.32 Å². The highest BCUT2D eigenvalue weighted by molar-refractivity contribution is 6.30. The zero-order valence-corrected chi connectivity index (χ0v) is 11.7. The molecule has 1 heterocycles. The van der Waals surface area contributed by atoms with E-state index >= 15 is 0 Å². The maximum Gasteiger partial charge on any atom is 0.307 e. The molecule has 102 valence electrons. The molecule has 1 aromatic rings. The third-order valence-corrected chi connectivity index (χ3v) is 4.05. The summed E-state index contributed by atoms with van der Waals surface area (Å²) in [6, 6.07) is 1.71. The lowest BCUT2D eigenvalue weighted by Gasteiger charge is -2.07. The largest absolute Gasteiger partial charge is 0.481 e. The van der Waals surface area contributed by atoms with E-state index in [-0.39, 0.29) is 5.91 Å². The lowest BCUT2D eigenvalue weighted by atomic mass is 10.1. The van der Waals surface area contributed by atoms with Crippen LogP contribution < -0.4 is 5.32 Å². The van der Waals surface area contributed by atoms with Gasteiger partial charge >= 0.3 is 5.97 Å². The summed E-state index contributed by atoms with van der Waals surface area (Å²) in [6.45, 7) is 5.34. The van der Waals surface area contributed by atoms with Crippen molar-refractivity contribution in [1.82, 2.24) is 4.98 Å². The summed E-state index contributed by atoms with van der Waals surface area (Å²) in [4.78, 5) is 27.0. The number of aromatic nitrogens is 1. The molecule has 0 aliphatic heterocycles. The molecule has 1 amide bonds. The lowest BCUT2D eigenvalue weighted by Crippen LogP contribution is -2.18. The summed E-state index contributed by atoms with van der Waals surface area (Å²) < 4.78 is 0. The standard InChI is InChI=1S/C13H15ClN2O3/c1-6-4-7(5-15-10(6)14)16-11(17)8-9(12(18)19)13(8,2)3/h4-5,8-9H,1-3H3,(H,16,17)(H,18,19)/t8-,9+/m1/s1. The Labute approximate surface area is 116 Å². The molecule has 1 aromatic heterocycles. The monoisotopic (exact) mass is 282 g/mol. The third kappa shape index (κ3) is 2.42. The van der Waals surface area contributed by atoms with Crippen molar-refractivity contribution in [2.45, 2.75) is 20.8 Å². The number of pyridine rings is 1. The molecule has 0 saturated heterocycles. The van der Waals surface area contributed by atoms with Gasteiger partial charge in [0.25, 0.3) is 0 Å². The highest BCUT2D eigenvalue weighted by atomic mass is 35.5. The first-order valence-electron chi connectivity index (χ1n) is 5.91. The SMILES string of the molecule is Cc1cc(NC(=O)[C@H]2[C@@H](C(=O)O)C2(C)C)cnc1Cl. The molecule has 1 saturated carbocycles. The Kier molecular flexibility index (Phi) is 3.26. The van der Waals surface area contributed by atoms with Gasteiger partial charge in [-0.15, -0.1) is 0 Å². The van der Waals surface area contributed by atoms with Gasteiger partial charge in [0.2, 0.25) is 5.91 Å². The number of nitrogens with zero attached hydrogens (tertiary/aromatic N) is 1. The van der Waals surface area contributed by atoms with Gasteiger partial charge in [-0.05, 0) is 24.0 Å². The molecule has 2 rings (SSSR count). The zero-order chi connectivity index (χ0) is 14.4. The summed E-state index contributed by atoms with van der Waals surface area (Å²) in [6.07, 6.45) is 1.46. The number of carbonyl (C=O) groups is 2. The normalized spacial score (nSPS) is 23.8. The highest BCUT2D eigenvalue weighted by Crippen LogP contribution is 2.58. The number of carbonyl (C=O) groups excluding carboxylic acids is 1. The van der Waals surface area contributed by atoms with Crippen LogP contribution in [0.2, 0.25) is 5.15 Å². The van der Waals surface area contributed by atoms with Gasteiger partial charge in [-0.25, -0.2) is 4.98 Å². The Balaban J connectivity index is 2.10. The predicted octanol–water partition coefficient (Wildman–Crippen LogP) is 2.34. The summed E-state index contributed by atoms with van der Waals surface area (Å²) in [5.41, 5.74) is 0.771. The zero-order valence-electron chi connectivity index (χ0n) is 10.9. The molecule has 2 N–H and O–H groups in total. The molecular formula is C13H15ClN2O3. The fourth-order valence-corrected chi connectivity index (χ4v) is 2.54. The van der Waals surface area contributed by atoms with E-state index in [4.69, 9.17) is 16.7 Å². The molecular weight excluding hydrogens is 268 g/mol. The van der Waals surface area contributed by atoms with Crippen LogP contribution in [0, 0.1) is 24.2 Å². The van der Waals surface area contributed by atoms with Crippen LogP contribution in [0.1, 0.15) is 19.4 Å². The van der Waals surface area contributed by atoms with Gasteiger partial charge in [0.15, 0.2) is 0 Å². The van der Waals surface area contributed by atoms with Crippen LogP contribution in [0.4, 0.5) is 5.69 Å². The minimum Gasteiger partial charge on any atom is -0.481 e. The van der Waals surface area contributed by atoms with Crippen molar-refractivity contribution in [3.63, 3.8) is 0 Å². The minimum atomic E-state index is -0.935. The molecule has 1 fully saturated rings. The Morgan fingerprint density at radius 2 is 2.05 bits per heavy atom. The first kappa shape index (κ1) is 13.8. The molecule has 19 heavy (non-hydrogen) atoms. The second-order valence-corrected chi connectivity index (χ2v) is 5.79. The van der Waals surface area contributed by atoms with Crippen molar-refractivity contribution < 1.29 is 14.7 Å². The van der Waals surface area contributed by atoms with Gasteiger partial charge in [-0.2, -0.15) is 0 Å². The van der Waals surface area contributed by atoms with E-state index in [1.54, 1.807) is 26.8 Å². The van der Waals surface area contributed by atoms with Crippen molar-refractivity contribution in [2.24, 2.45) is 17.3 Å². The maximum atomic E-state index is 12.1. The average molecular weight is 283 g/mol. The van der Waals surface area contributed by atoms with E-state index in [9.17, 15) is 9.59 Å². The Hall–Kier alpha value is -1.62. The molecule has 1 aliphatic carbocycles. The fraction of sp³-hybridized carbons (Fsp3) is 0.462. The lowest BCUT2D eigenvalue weighted by molar-refractivity contribution is -0.140. The van der Waals surface area contributed by atoms with E-state index < -0.39 is 23.2 Å². The quantitative estimate of drug-likeness (QED) is 0.834. The second kappa shape index (κ2) is 4.49. The average Bonchev–Trinajstić information content (AvgIpc) is 2.87. The predicted molar refractivity (Wildman–Crippen MR) is 71.0 cm³/mol. The number of anilines is 1. The van der Waals surface area contributed by atoms with Crippen LogP contribution in [0.25, 0.3) is 0 Å². The van der Waals surface area contributed by atoms with Gasteiger partial charge in [0, 0.05) is 0 Å². The number of rotatable bonds is 3. The number of carboxylic acids is 1. The number of carboxylic acid groups (broad SMARTS) is 1. The van der Waals surface area contributed by atoms with Crippen LogP contribution in [0.3, 0.4) is 0 Å². The number of hydrogen-bond donors (Lipinski definition) is 2. The summed E-state index contributed by atoms with van der Waals surface area (Å²) in [5, 5.41) is 12.1. The Morgan fingerprint density at radius 3 is 2.53 bits per heavy atom. The minimum absolute atomic E-state index is 0.291.